The van der Waals surface area contributed by atoms with Gasteiger partial charge in [-0.15, -0.1) is 0 Å². The van der Waals surface area contributed by atoms with Gasteiger partial charge in [0.2, 0.25) is 11.8 Å². The minimum atomic E-state index is -0.00709. The standard InChI is InChI=1S/C22H24N2O2/c1-15-12-19(9-10-20(15)24-11-3-6-22(24)26)23-21(25)14-16-7-8-17-4-2-5-18(17)13-16/h7-10,12-13H,2-6,11,14H2,1H3,(H,23,25). The van der Waals surface area contributed by atoms with Crippen LogP contribution >= 0.6 is 0 Å². The summed E-state index contributed by atoms with van der Waals surface area (Å²) in [4.78, 5) is 26.2. The molecule has 0 aromatic heterocycles. The summed E-state index contributed by atoms with van der Waals surface area (Å²) in [7, 11) is 0. The largest absolute Gasteiger partial charge is 0.326 e. The van der Waals surface area contributed by atoms with Gasteiger partial charge in [0.15, 0.2) is 0 Å². The lowest BCUT2D eigenvalue weighted by Gasteiger charge is -2.19. The van der Waals surface area contributed by atoms with Crippen molar-refractivity contribution in [1.82, 2.24) is 0 Å². The molecule has 0 spiro atoms. The van der Waals surface area contributed by atoms with Crippen LogP contribution in [0, 0.1) is 6.92 Å². The first-order chi connectivity index (χ1) is 12.6. The van der Waals surface area contributed by atoms with Crippen LogP contribution in [0.15, 0.2) is 36.4 Å². The topological polar surface area (TPSA) is 49.4 Å². The predicted octanol–water partition coefficient (Wildman–Crippen LogP) is 3.79. The Morgan fingerprint density at radius 3 is 2.65 bits per heavy atom. The van der Waals surface area contributed by atoms with Crippen molar-refractivity contribution >= 4 is 23.2 Å². The Morgan fingerprint density at radius 2 is 1.88 bits per heavy atom. The molecule has 134 valence electrons. The molecule has 1 heterocycles. The Kier molecular flexibility index (Phi) is 4.49. The zero-order valence-electron chi connectivity index (χ0n) is 15.2. The molecule has 0 radical (unpaired) electrons. The molecule has 2 aliphatic rings. The number of hydrogen-bond acceptors (Lipinski definition) is 2. The van der Waals surface area contributed by atoms with Gasteiger partial charge in [-0.3, -0.25) is 9.59 Å². The molecule has 2 aromatic rings. The van der Waals surface area contributed by atoms with Gasteiger partial charge in [-0.1, -0.05) is 18.2 Å². The van der Waals surface area contributed by atoms with Gasteiger partial charge in [-0.25, -0.2) is 0 Å². The fourth-order valence-corrected chi connectivity index (χ4v) is 4.06. The number of nitrogens with zero attached hydrogens (tertiary/aromatic N) is 1. The van der Waals surface area contributed by atoms with Gasteiger partial charge < -0.3 is 10.2 Å². The van der Waals surface area contributed by atoms with Crippen LogP contribution in [-0.2, 0) is 28.9 Å². The molecule has 4 rings (SSSR count). The Morgan fingerprint density at radius 1 is 1.04 bits per heavy atom. The molecule has 0 atom stereocenters. The molecule has 0 unspecified atom stereocenters. The number of fused-ring (bicyclic) bond motifs is 1. The average Bonchev–Trinajstić information content (AvgIpc) is 3.23. The third-order valence-electron chi connectivity index (χ3n) is 5.37. The fraction of sp³-hybridized carbons (Fsp3) is 0.364. The van der Waals surface area contributed by atoms with Gasteiger partial charge in [0.25, 0.3) is 0 Å². The predicted molar refractivity (Wildman–Crippen MR) is 104 cm³/mol. The average molecular weight is 348 g/mol. The Balaban J connectivity index is 1.43. The highest BCUT2D eigenvalue weighted by Crippen LogP contribution is 2.28. The van der Waals surface area contributed by atoms with E-state index < -0.39 is 0 Å². The maximum atomic E-state index is 12.4. The van der Waals surface area contributed by atoms with Crippen LogP contribution in [0.4, 0.5) is 11.4 Å². The van der Waals surface area contributed by atoms with Crippen LogP contribution in [0.2, 0.25) is 0 Å². The molecule has 4 nitrogen and oxygen atoms in total. The third kappa shape index (κ3) is 3.36. The molecule has 2 amide bonds. The van der Waals surface area contributed by atoms with Crippen molar-refractivity contribution < 1.29 is 9.59 Å². The maximum absolute atomic E-state index is 12.4. The van der Waals surface area contributed by atoms with Gasteiger partial charge in [0.05, 0.1) is 6.42 Å². The SMILES string of the molecule is Cc1cc(NC(=O)Cc2ccc3c(c2)CCC3)ccc1N1CCCC1=O. The van der Waals surface area contributed by atoms with Crippen molar-refractivity contribution in [3.8, 4) is 0 Å². The van der Waals surface area contributed by atoms with Gasteiger partial charge in [-0.2, -0.15) is 0 Å². The van der Waals surface area contributed by atoms with Gasteiger partial charge in [0, 0.05) is 24.3 Å². The molecule has 1 saturated heterocycles. The summed E-state index contributed by atoms with van der Waals surface area (Å²) in [5.74, 6) is 0.175. The van der Waals surface area contributed by atoms with E-state index in [0.717, 1.165) is 48.3 Å². The summed E-state index contributed by atoms with van der Waals surface area (Å²) in [6, 6.07) is 12.2. The number of anilines is 2. The Hall–Kier alpha value is -2.62. The second-order valence-electron chi connectivity index (χ2n) is 7.33. The minimum absolute atomic E-state index is 0.00709. The van der Waals surface area contributed by atoms with Gasteiger partial charge >= 0.3 is 0 Å². The van der Waals surface area contributed by atoms with Crippen LogP contribution in [0.1, 0.15) is 41.5 Å². The molecule has 4 heteroatoms. The van der Waals surface area contributed by atoms with Crippen LogP contribution in [0.25, 0.3) is 0 Å². The van der Waals surface area contributed by atoms with Crippen molar-refractivity contribution in [2.45, 2.75) is 45.4 Å². The highest BCUT2D eigenvalue weighted by molar-refractivity contribution is 5.97. The first kappa shape index (κ1) is 16.8. The second-order valence-corrected chi connectivity index (χ2v) is 7.33. The molecule has 1 fully saturated rings. The minimum Gasteiger partial charge on any atom is -0.326 e. The van der Waals surface area contributed by atoms with E-state index >= 15 is 0 Å². The summed E-state index contributed by atoms with van der Waals surface area (Å²) < 4.78 is 0. The molecule has 26 heavy (non-hydrogen) atoms. The van der Waals surface area contributed by atoms with E-state index in [4.69, 9.17) is 0 Å². The van der Waals surface area contributed by atoms with E-state index in [1.807, 2.05) is 30.0 Å². The zero-order valence-corrected chi connectivity index (χ0v) is 15.2. The molecule has 1 N–H and O–H groups in total. The first-order valence-corrected chi connectivity index (χ1v) is 9.42. The number of carbonyl (C=O) groups excluding carboxylic acids is 2. The maximum Gasteiger partial charge on any atom is 0.228 e. The van der Waals surface area contributed by atoms with E-state index in [0.29, 0.717) is 12.8 Å². The molecule has 0 bridgehead atoms. The molecule has 1 aliphatic carbocycles. The van der Waals surface area contributed by atoms with Gasteiger partial charge in [-0.05, 0) is 73.1 Å². The monoisotopic (exact) mass is 348 g/mol. The lowest BCUT2D eigenvalue weighted by Crippen LogP contribution is -2.24. The smallest absolute Gasteiger partial charge is 0.228 e. The molecular formula is C22H24N2O2. The van der Waals surface area contributed by atoms with Crippen LogP contribution in [0.5, 0.6) is 0 Å². The number of benzene rings is 2. The highest BCUT2D eigenvalue weighted by Gasteiger charge is 2.23. The summed E-state index contributed by atoms with van der Waals surface area (Å²) in [5.41, 5.74) is 6.63. The van der Waals surface area contributed by atoms with Crippen molar-refractivity contribution in [2.75, 3.05) is 16.8 Å². The Bertz CT molecular complexity index is 872. The molecule has 1 aliphatic heterocycles. The van der Waals surface area contributed by atoms with E-state index in [1.54, 1.807) is 0 Å². The summed E-state index contributed by atoms with van der Waals surface area (Å²) in [5, 5.41) is 2.99. The number of carbonyl (C=O) groups is 2. The summed E-state index contributed by atoms with van der Waals surface area (Å²) >= 11 is 0. The number of aryl methyl sites for hydroxylation is 3. The van der Waals surface area contributed by atoms with Crippen molar-refractivity contribution in [3.05, 3.63) is 58.7 Å². The van der Waals surface area contributed by atoms with Crippen molar-refractivity contribution in [1.29, 1.82) is 0 Å². The van der Waals surface area contributed by atoms with Crippen molar-refractivity contribution in [2.24, 2.45) is 0 Å². The molecular weight excluding hydrogens is 324 g/mol. The number of nitrogens with one attached hydrogen (secondary N) is 1. The van der Waals surface area contributed by atoms with Crippen LogP contribution in [0.3, 0.4) is 0 Å². The molecule has 2 aromatic carbocycles. The van der Waals surface area contributed by atoms with E-state index in [-0.39, 0.29) is 11.8 Å². The van der Waals surface area contributed by atoms with Gasteiger partial charge in [0.1, 0.15) is 0 Å². The van der Waals surface area contributed by atoms with Crippen LogP contribution in [-0.4, -0.2) is 18.4 Å². The fourth-order valence-electron chi connectivity index (χ4n) is 4.06. The summed E-state index contributed by atoms with van der Waals surface area (Å²) in [6.45, 7) is 2.76. The number of hydrogen-bond donors (Lipinski definition) is 1. The normalized spacial score (nSPS) is 16.0. The lowest BCUT2D eigenvalue weighted by atomic mass is 10.0. The lowest BCUT2D eigenvalue weighted by molar-refractivity contribution is -0.117. The molecule has 0 saturated carbocycles. The van der Waals surface area contributed by atoms with E-state index in [1.165, 1.54) is 17.5 Å². The highest BCUT2D eigenvalue weighted by atomic mass is 16.2. The number of amides is 2. The van der Waals surface area contributed by atoms with Crippen LogP contribution < -0.4 is 10.2 Å². The first-order valence-electron chi connectivity index (χ1n) is 9.42. The van der Waals surface area contributed by atoms with E-state index in [2.05, 4.69) is 23.5 Å². The zero-order chi connectivity index (χ0) is 18.1. The third-order valence-corrected chi connectivity index (χ3v) is 5.37. The quantitative estimate of drug-likeness (QED) is 0.914. The second kappa shape index (κ2) is 6.94. The van der Waals surface area contributed by atoms with Crippen molar-refractivity contribution in [3.63, 3.8) is 0 Å². The summed E-state index contributed by atoms with van der Waals surface area (Å²) in [6.07, 6.45) is 5.43. The Labute approximate surface area is 154 Å². The number of rotatable bonds is 4. The van der Waals surface area contributed by atoms with E-state index in [9.17, 15) is 9.59 Å².